The van der Waals surface area contributed by atoms with Crippen LogP contribution in [0.4, 0.5) is 0 Å². The number of aliphatic carboxylic acids is 3. The second-order valence-electron chi connectivity index (χ2n) is 7.28. The fraction of sp³-hybridized carbons (Fsp3) is 0.611. The molecule has 0 rings (SSSR count). The van der Waals surface area contributed by atoms with Crippen LogP contribution in [0.1, 0.15) is 39.0 Å². The molecule has 0 radical (unpaired) electrons. The first-order chi connectivity index (χ1) is 15.7. The van der Waals surface area contributed by atoms with Gasteiger partial charge in [-0.3, -0.25) is 29.0 Å². The molecule has 0 aliphatic heterocycles. The molecule has 0 bridgehead atoms. The second-order valence-corrected chi connectivity index (χ2v) is 7.28. The lowest BCUT2D eigenvalue weighted by Gasteiger charge is -2.22. The number of rotatable bonds is 16. The molecule has 0 aromatic heterocycles. The van der Waals surface area contributed by atoms with E-state index in [1.54, 1.807) is 0 Å². The van der Waals surface area contributed by atoms with Crippen molar-refractivity contribution in [2.24, 2.45) is 22.2 Å². The average molecular weight is 489 g/mol. The lowest BCUT2D eigenvalue weighted by atomic mass is 10.1. The van der Waals surface area contributed by atoms with Crippen molar-refractivity contribution in [1.82, 2.24) is 16.0 Å². The van der Waals surface area contributed by atoms with Crippen LogP contribution >= 0.6 is 0 Å². The highest BCUT2D eigenvalue weighted by Crippen LogP contribution is 2.02. The van der Waals surface area contributed by atoms with Gasteiger partial charge in [-0.1, -0.05) is 0 Å². The Morgan fingerprint density at radius 2 is 1.41 bits per heavy atom. The highest BCUT2D eigenvalue weighted by Gasteiger charge is 2.29. The SMILES string of the molecule is CC(NC(=O)C(CC(=O)O)NC(=O)C(N)CCC(=O)O)C(=O)NC(CCCN=C(N)N)C(=O)O. The first-order valence-corrected chi connectivity index (χ1v) is 10.1. The average Bonchev–Trinajstić information content (AvgIpc) is 2.72. The number of carboxylic acid groups (broad SMARTS) is 3. The van der Waals surface area contributed by atoms with Crippen molar-refractivity contribution in [3.05, 3.63) is 0 Å². The van der Waals surface area contributed by atoms with Crippen LogP contribution in [-0.4, -0.2) is 87.6 Å². The van der Waals surface area contributed by atoms with Crippen molar-refractivity contribution in [1.29, 1.82) is 0 Å². The standard InChI is InChI=1S/C18H31N7O9/c1-8(14(30)24-10(17(33)34)3-2-6-22-18(20)21)23-16(32)11(7-13(28)29)25-15(31)9(19)4-5-12(26)27/h8-11H,2-7,19H2,1H3,(H,23,32)(H,24,30)(H,25,31)(H,26,27)(H,28,29)(H,33,34)(H4,20,21,22). The van der Waals surface area contributed by atoms with E-state index < -0.39 is 72.6 Å². The van der Waals surface area contributed by atoms with E-state index in [1.807, 2.05) is 0 Å². The number of amides is 3. The van der Waals surface area contributed by atoms with E-state index in [0.717, 1.165) is 0 Å². The highest BCUT2D eigenvalue weighted by molar-refractivity contribution is 5.95. The summed E-state index contributed by atoms with van der Waals surface area (Å²) in [5.41, 5.74) is 15.9. The Kier molecular flexibility index (Phi) is 13.2. The Bertz CT molecular complexity index is 799. The minimum Gasteiger partial charge on any atom is -0.481 e. The van der Waals surface area contributed by atoms with Crippen molar-refractivity contribution in [2.75, 3.05) is 6.54 Å². The molecule has 0 saturated carbocycles. The van der Waals surface area contributed by atoms with Gasteiger partial charge in [0.2, 0.25) is 17.7 Å². The summed E-state index contributed by atoms with van der Waals surface area (Å²) in [6, 6.07) is -5.52. The van der Waals surface area contributed by atoms with Gasteiger partial charge in [0, 0.05) is 13.0 Å². The predicted molar refractivity (Wildman–Crippen MR) is 116 cm³/mol. The Balaban J connectivity index is 5.03. The summed E-state index contributed by atoms with van der Waals surface area (Å²) < 4.78 is 0. The minimum atomic E-state index is -1.62. The van der Waals surface area contributed by atoms with Gasteiger partial charge in [-0.25, -0.2) is 4.79 Å². The molecule has 4 unspecified atom stereocenters. The molecular weight excluding hydrogens is 458 g/mol. The molecule has 0 spiro atoms. The van der Waals surface area contributed by atoms with Crippen LogP contribution in [0.3, 0.4) is 0 Å². The molecule has 0 aromatic rings. The van der Waals surface area contributed by atoms with Gasteiger partial charge in [-0.05, 0) is 26.2 Å². The number of carbonyl (C=O) groups is 6. The summed E-state index contributed by atoms with van der Waals surface area (Å²) in [5.74, 6) is -7.00. The fourth-order valence-electron chi connectivity index (χ4n) is 2.51. The topological polar surface area (TPSA) is 290 Å². The number of hydrogen-bond donors (Lipinski definition) is 9. The second kappa shape index (κ2) is 15.0. The van der Waals surface area contributed by atoms with Crippen molar-refractivity contribution in [2.45, 2.75) is 63.2 Å². The van der Waals surface area contributed by atoms with Crippen molar-refractivity contribution < 1.29 is 44.1 Å². The third kappa shape index (κ3) is 12.8. The molecule has 192 valence electrons. The van der Waals surface area contributed by atoms with Gasteiger partial charge in [-0.15, -0.1) is 0 Å². The lowest BCUT2D eigenvalue weighted by Crippen LogP contribution is -2.56. The van der Waals surface area contributed by atoms with Crippen LogP contribution in [0.15, 0.2) is 4.99 Å². The summed E-state index contributed by atoms with van der Waals surface area (Å²) in [7, 11) is 0. The molecule has 0 aliphatic rings. The number of carbonyl (C=O) groups excluding carboxylic acids is 3. The van der Waals surface area contributed by atoms with Crippen molar-refractivity contribution in [3.63, 3.8) is 0 Å². The number of nitrogens with two attached hydrogens (primary N) is 3. The number of aliphatic imine (C=N–C) groups is 1. The highest BCUT2D eigenvalue weighted by atomic mass is 16.4. The van der Waals surface area contributed by atoms with E-state index >= 15 is 0 Å². The molecule has 16 nitrogen and oxygen atoms in total. The largest absolute Gasteiger partial charge is 0.481 e. The smallest absolute Gasteiger partial charge is 0.326 e. The number of nitrogens with one attached hydrogen (secondary N) is 3. The Morgan fingerprint density at radius 3 is 1.91 bits per heavy atom. The van der Waals surface area contributed by atoms with Crippen molar-refractivity contribution >= 4 is 41.6 Å². The summed E-state index contributed by atoms with van der Waals surface area (Å²) in [6.45, 7) is 1.36. The van der Waals surface area contributed by atoms with E-state index in [-0.39, 0.29) is 31.8 Å². The first kappa shape index (κ1) is 30.1. The zero-order valence-electron chi connectivity index (χ0n) is 18.5. The zero-order chi connectivity index (χ0) is 26.4. The zero-order valence-corrected chi connectivity index (χ0v) is 18.5. The van der Waals surface area contributed by atoms with Crippen LogP contribution < -0.4 is 33.2 Å². The quantitative estimate of drug-likeness (QED) is 0.0574. The molecule has 0 saturated heterocycles. The van der Waals surface area contributed by atoms with Gasteiger partial charge in [0.05, 0.1) is 12.5 Å². The number of guanidine groups is 1. The molecule has 0 fully saturated rings. The van der Waals surface area contributed by atoms with Crippen molar-refractivity contribution in [3.8, 4) is 0 Å². The van der Waals surface area contributed by atoms with Crippen LogP contribution in [0.25, 0.3) is 0 Å². The molecular formula is C18H31N7O9. The van der Waals surface area contributed by atoms with E-state index in [2.05, 4.69) is 20.9 Å². The number of carboxylic acids is 3. The van der Waals surface area contributed by atoms with E-state index in [1.165, 1.54) is 6.92 Å². The maximum atomic E-state index is 12.5. The third-order valence-electron chi connectivity index (χ3n) is 4.33. The molecule has 3 amide bonds. The van der Waals surface area contributed by atoms with Gasteiger partial charge in [0.15, 0.2) is 5.96 Å². The molecule has 0 heterocycles. The normalized spacial score (nSPS) is 13.9. The van der Waals surface area contributed by atoms with Gasteiger partial charge in [0.25, 0.3) is 0 Å². The first-order valence-electron chi connectivity index (χ1n) is 10.1. The van der Waals surface area contributed by atoms with Crippen LogP contribution in [0, 0.1) is 0 Å². The molecule has 4 atom stereocenters. The maximum Gasteiger partial charge on any atom is 0.326 e. The van der Waals surface area contributed by atoms with Crippen LogP contribution in [-0.2, 0) is 28.8 Å². The van der Waals surface area contributed by atoms with E-state index in [0.29, 0.717) is 0 Å². The molecule has 0 aromatic carbocycles. The van der Waals surface area contributed by atoms with Crippen LogP contribution in [0.5, 0.6) is 0 Å². The van der Waals surface area contributed by atoms with Gasteiger partial charge in [-0.2, -0.15) is 0 Å². The Hall–Kier alpha value is -3.95. The Labute approximate surface area is 194 Å². The van der Waals surface area contributed by atoms with Gasteiger partial charge in [0.1, 0.15) is 18.1 Å². The lowest BCUT2D eigenvalue weighted by molar-refractivity contribution is -0.143. The third-order valence-corrected chi connectivity index (χ3v) is 4.33. The van der Waals surface area contributed by atoms with Gasteiger partial charge >= 0.3 is 17.9 Å². The Morgan fingerprint density at radius 1 is 0.824 bits per heavy atom. The van der Waals surface area contributed by atoms with E-state index in [4.69, 9.17) is 27.4 Å². The molecule has 34 heavy (non-hydrogen) atoms. The number of nitrogens with zero attached hydrogens (tertiary/aromatic N) is 1. The monoisotopic (exact) mass is 489 g/mol. The van der Waals surface area contributed by atoms with Gasteiger partial charge < -0.3 is 48.5 Å². The minimum absolute atomic E-state index is 0.00948. The summed E-state index contributed by atoms with van der Waals surface area (Å²) >= 11 is 0. The maximum absolute atomic E-state index is 12.5. The summed E-state index contributed by atoms with van der Waals surface area (Å²) in [4.78, 5) is 73.6. The predicted octanol–water partition coefficient (Wildman–Crippen LogP) is -3.73. The molecule has 16 heteroatoms. The van der Waals surface area contributed by atoms with Crippen LogP contribution in [0.2, 0.25) is 0 Å². The molecule has 12 N–H and O–H groups in total. The summed E-state index contributed by atoms with van der Waals surface area (Å²) in [6.07, 6.45) is -1.28. The van der Waals surface area contributed by atoms with E-state index in [9.17, 15) is 33.9 Å². The summed E-state index contributed by atoms with van der Waals surface area (Å²) in [5, 5.41) is 33.5. The fourth-order valence-corrected chi connectivity index (χ4v) is 2.51. The number of hydrogen-bond acceptors (Lipinski definition) is 8. The molecule has 0 aliphatic carbocycles.